The van der Waals surface area contributed by atoms with Crippen LogP contribution in [0, 0.1) is 31.0 Å². The van der Waals surface area contributed by atoms with E-state index in [0.717, 1.165) is 5.69 Å². The summed E-state index contributed by atoms with van der Waals surface area (Å²) in [4.78, 5) is 12.1. The Morgan fingerprint density at radius 3 is 2.62 bits per heavy atom. The standard InChI is InChI=1S/C16H14ClFN2O/c1-9-6-14(16(21)10(2)17)11(3)20(9)15-5-4-13(18)7-12(15)8-19/h4-7,10H,1-3H3. The van der Waals surface area contributed by atoms with Gasteiger partial charge in [-0.2, -0.15) is 5.26 Å². The van der Waals surface area contributed by atoms with Crippen LogP contribution in [0.3, 0.4) is 0 Å². The zero-order valence-corrected chi connectivity index (χ0v) is 12.7. The van der Waals surface area contributed by atoms with E-state index >= 15 is 0 Å². The van der Waals surface area contributed by atoms with E-state index in [1.807, 2.05) is 13.0 Å². The minimum absolute atomic E-state index is 0.170. The van der Waals surface area contributed by atoms with Crippen molar-refractivity contribution in [2.75, 3.05) is 0 Å². The van der Waals surface area contributed by atoms with Crippen LogP contribution in [0.5, 0.6) is 0 Å². The number of alkyl halides is 1. The summed E-state index contributed by atoms with van der Waals surface area (Å²) in [6, 6.07) is 7.72. The van der Waals surface area contributed by atoms with E-state index < -0.39 is 11.2 Å². The summed E-state index contributed by atoms with van der Waals surface area (Å²) in [7, 11) is 0. The zero-order valence-electron chi connectivity index (χ0n) is 11.9. The van der Waals surface area contributed by atoms with Gasteiger partial charge in [0, 0.05) is 17.0 Å². The van der Waals surface area contributed by atoms with Gasteiger partial charge in [-0.3, -0.25) is 4.79 Å². The molecule has 3 nitrogen and oxygen atoms in total. The normalized spacial score (nSPS) is 12.0. The van der Waals surface area contributed by atoms with Gasteiger partial charge < -0.3 is 4.57 Å². The lowest BCUT2D eigenvalue weighted by Crippen LogP contribution is -2.12. The number of nitrogens with zero attached hydrogens (tertiary/aromatic N) is 2. The lowest BCUT2D eigenvalue weighted by molar-refractivity contribution is 0.0991. The molecule has 0 saturated heterocycles. The van der Waals surface area contributed by atoms with Gasteiger partial charge >= 0.3 is 0 Å². The second-order valence-electron chi connectivity index (χ2n) is 4.87. The van der Waals surface area contributed by atoms with E-state index in [0.29, 0.717) is 16.9 Å². The number of benzene rings is 1. The molecule has 1 heterocycles. The number of aromatic nitrogens is 1. The number of halogens is 2. The number of carbonyl (C=O) groups is 1. The van der Waals surface area contributed by atoms with Crippen molar-refractivity contribution in [3.05, 3.63) is 52.6 Å². The molecule has 0 N–H and O–H groups in total. The van der Waals surface area contributed by atoms with Gasteiger partial charge in [-0.15, -0.1) is 11.6 Å². The molecule has 0 aliphatic heterocycles. The van der Waals surface area contributed by atoms with Crippen molar-refractivity contribution >= 4 is 17.4 Å². The van der Waals surface area contributed by atoms with E-state index in [2.05, 4.69) is 0 Å². The van der Waals surface area contributed by atoms with Crippen LogP contribution in [0.4, 0.5) is 4.39 Å². The van der Waals surface area contributed by atoms with Crippen molar-refractivity contribution in [3.8, 4) is 11.8 Å². The summed E-state index contributed by atoms with van der Waals surface area (Å²) in [5.41, 5.74) is 2.76. The summed E-state index contributed by atoms with van der Waals surface area (Å²) < 4.78 is 15.0. The summed E-state index contributed by atoms with van der Waals surface area (Å²) in [5.74, 6) is -0.639. The van der Waals surface area contributed by atoms with Gasteiger partial charge in [0.2, 0.25) is 0 Å². The van der Waals surface area contributed by atoms with Crippen molar-refractivity contribution in [2.24, 2.45) is 0 Å². The largest absolute Gasteiger partial charge is 0.316 e. The predicted molar refractivity (Wildman–Crippen MR) is 79.6 cm³/mol. The second-order valence-corrected chi connectivity index (χ2v) is 5.53. The summed E-state index contributed by atoms with van der Waals surface area (Å²) >= 11 is 5.86. The molecule has 0 radical (unpaired) electrons. The highest BCUT2D eigenvalue weighted by Gasteiger charge is 2.21. The monoisotopic (exact) mass is 304 g/mol. The Hall–Kier alpha value is -2.12. The number of carbonyl (C=O) groups excluding carboxylic acids is 1. The van der Waals surface area contributed by atoms with Gasteiger partial charge in [-0.25, -0.2) is 4.39 Å². The van der Waals surface area contributed by atoms with Crippen molar-refractivity contribution in [1.29, 1.82) is 5.26 Å². The first-order chi connectivity index (χ1) is 9.86. The van der Waals surface area contributed by atoms with Crippen LogP contribution >= 0.6 is 11.6 Å². The van der Waals surface area contributed by atoms with Crippen molar-refractivity contribution < 1.29 is 9.18 Å². The van der Waals surface area contributed by atoms with E-state index in [4.69, 9.17) is 11.6 Å². The minimum atomic E-state index is -0.623. The first kappa shape index (κ1) is 15.3. The molecule has 0 aliphatic carbocycles. The topological polar surface area (TPSA) is 45.8 Å². The molecule has 2 rings (SSSR count). The third kappa shape index (κ3) is 2.70. The van der Waals surface area contributed by atoms with Crippen LogP contribution in [0.2, 0.25) is 0 Å². The average molecular weight is 305 g/mol. The molecule has 0 fully saturated rings. The molecule has 0 saturated carbocycles. The highest BCUT2D eigenvalue weighted by Crippen LogP contribution is 2.25. The van der Waals surface area contributed by atoms with Gasteiger partial charge in [0.1, 0.15) is 11.9 Å². The molecule has 0 amide bonds. The first-order valence-electron chi connectivity index (χ1n) is 6.44. The fourth-order valence-electron chi connectivity index (χ4n) is 2.39. The average Bonchev–Trinajstić information content (AvgIpc) is 2.73. The third-order valence-electron chi connectivity index (χ3n) is 3.38. The van der Waals surface area contributed by atoms with E-state index in [9.17, 15) is 14.4 Å². The molecule has 108 valence electrons. The highest BCUT2D eigenvalue weighted by molar-refractivity contribution is 6.33. The molecule has 1 aromatic heterocycles. The predicted octanol–water partition coefficient (Wildman–Crippen LogP) is 3.91. The Balaban J connectivity index is 2.67. The van der Waals surface area contributed by atoms with Gasteiger partial charge in [0.05, 0.1) is 16.6 Å². The second kappa shape index (κ2) is 5.71. The molecular formula is C16H14ClFN2O. The molecule has 5 heteroatoms. The van der Waals surface area contributed by atoms with Crippen molar-refractivity contribution in [3.63, 3.8) is 0 Å². The third-order valence-corrected chi connectivity index (χ3v) is 3.58. The van der Waals surface area contributed by atoms with Crippen LogP contribution < -0.4 is 0 Å². The van der Waals surface area contributed by atoms with E-state index in [1.165, 1.54) is 18.2 Å². The Morgan fingerprint density at radius 2 is 2.05 bits per heavy atom. The van der Waals surface area contributed by atoms with Crippen LogP contribution in [-0.2, 0) is 0 Å². The van der Waals surface area contributed by atoms with Gasteiger partial charge in [0.15, 0.2) is 5.78 Å². The van der Waals surface area contributed by atoms with Crippen molar-refractivity contribution in [1.82, 2.24) is 4.57 Å². The van der Waals surface area contributed by atoms with Crippen LogP contribution in [0.1, 0.15) is 34.2 Å². The molecule has 1 aromatic carbocycles. The zero-order chi connectivity index (χ0) is 15.7. The van der Waals surface area contributed by atoms with Gasteiger partial charge in [-0.05, 0) is 45.0 Å². The number of hydrogen-bond donors (Lipinski definition) is 0. The molecule has 0 bridgehead atoms. The van der Waals surface area contributed by atoms with Gasteiger partial charge in [-0.1, -0.05) is 0 Å². The Bertz CT molecular complexity index is 756. The quantitative estimate of drug-likeness (QED) is 0.637. The smallest absolute Gasteiger partial charge is 0.182 e. The number of Topliss-reactive ketones (excluding diaryl/α,β-unsaturated/α-hetero) is 1. The molecule has 1 unspecified atom stereocenters. The van der Waals surface area contributed by atoms with E-state index in [-0.39, 0.29) is 11.3 Å². The minimum Gasteiger partial charge on any atom is -0.316 e. The Labute approximate surface area is 127 Å². The summed E-state index contributed by atoms with van der Waals surface area (Å²) in [5, 5.41) is 8.55. The van der Waals surface area contributed by atoms with Crippen LogP contribution in [0.25, 0.3) is 5.69 Å². The molecule has 0 spiro atoms. The maximum atomic E-state index is 13.3. The maximum absolute atomic E-state index is 13.3. The number of hydrogen-bond acceptors (Lipinski definition) is 2. The SMILES string of the molecule is Cc1cc(C(=O)C(C)Cl)c(C)n1-c1ccc(F)cc1C#N. The molecule has 0 aliphatic rings. The Morgan fingerprint density at radius 1 is 1.38 bits per heavy atom. The fourth-order valence-corrected chi connectivity index (χ4v) is 2.51. The van der Waals surface area contributed by atoms with Crippen LogP contribution in [0.15, 0.2) is 24.3 Å². The fraction of sp³-hybridized carbons (Fsp3) is 0.250. The Kier molecular flexibility index (Phi) is 4.15. The summed E-state index contributed by atoms with van der Waals surface area (Å²) in [6.45, 7) is 5.23. The number of aryl methyl sites for hydroxylation is 1. The molecule has 2 aromatic rings. The number of rotatable bonds is 3. The molecule has 21 heavy (non-hydrogen) atoms. The van der Waals surface area contributed by atoms with Gasteiger partial charge in [0.25, 0.3) is 0 Å². The van der Waals surface area contributed by atoms with Crippen molar-refractivity contribution in [2.45, 2.75) is 26.1 Å². The lowest BCUT2D eigenvalue weighted by Gasteiger charge is -2.12. The number of nitriles is 1. The highest BCUT2D eigenvalue weighted by atomic mass is 35.5. The first-order valence-corrected chi connectivity index (χ1v) is 6.87. The number of ketones is 1. The molecular weight excluding hydrogens is 291 g/mol. The van der Waals surface area contributed by atoms with Crippen LogP contribution in [-0.4, -0.2) is 15.7 Å². The summed E-state index contributed by atoms with van der Waals surface area (Å²) in [6.07, 6.45) is 0. The molecule has 1 atom stereocenters. The lowest BCUT2D eigenvalue weighted by atomic mass is 10.1. The maximum Gasteiger partial charge on any atom is 0.182 e. The van der Waals surface area contributed by atoms with E-state index in [1.54, 1.807) is 24.5 Å².